The number of hydrazine groups is 1. The first-order valence-electron chi connectivity index (χ1n) is 6.39. The van der Waals surface area contributed by atoms with Crippen molar-refractivity contribution in [3.05, 3.63) is 71.8 Å². The zero-order chi connectivity index (χ0) is 13.1. The highest BCUT2D eigenvalue weighted by molar-refractivity contribution is 6.09. The van der Waals surface area contributed by atoms with Crippen LogP contribution in [0.5, 0.6) is 0 Å². The fraction of sp³-hybridized carbons (Fsp3) is 0.125. The molecule has 19 heavy (non-hydrogen) atoms. The molecule has 0 aromatic heterocycles. The Hall–Kier alpha value is -2.42. The van der Waals surface area contributed by atoms with Crippen molar-refractivity contribution in [1.29, 1.82) is 0 Å². The summed E-state index contributed by atoms with van der Waals surface area (Å²) in [6.07, 6.45) is 0.545. The predicted molar refractivity (Wildman–Crippen MR) is 74.0 cm³/mol. The van der Waals surface area contributed by atoms with Crippen molar-refractivity contribution in [1.82, 2.24) is 5.43 Å². The highest BCUT2D eigenvalue weighted by Crippen LogP contribution is 2.11. The standard InChI is InChI=1S/C16H14N2O/c19-15-11-12-18(17-15)16(13-7-3-1-4-8-13)14-9-5-2-6-10-14/h1-10H,11-12H2/p+1. The number of carbonyl (C=O) groups excluding carboxylic acids is 1. The van der Waals surface area contributed by atoms with Crippen molar-refractivity contribution in [3.8, 4) is 0 Å². The number of rotatable bonds is 2. The van der Waals surface area contributed by atoms with Crippen LogP contribution < -0.4 is 5.43 Å². The van der Waals surface area contributed by atoms with Gasteiger partial charge in [0.05, 0.1) is 6.42 Å². The Labute approximate surface area is 112 Å². The molecular formula is C16H15N2O+. The van der Waals surface area contributed by atoms with E-state index < -0.39 is 0 Å². The molecule has 0 spiro atoms. The number of amides is 1. The normalized spacial score (nSPS) is 14.3. The molecule has 0 unspecified atom stereocenters. The lowest BCUT2D eigenvalue weighted by Crippen LogP contribution is -2.31. The average Bonchev–Trinajstić information content (AvgIpc) is 2.88. The van der Waals surface area contributed by atoms with Gasteiger partial charge in [-0.05, 0) is 24.3 Å². The molecule has 1 saturated heterocycles. The van der Waals surface area contributed by atoms with Gasteiger partial charge in [-0.3, -0.25) is 4.79 Å². The molecule has 0 bridgehead atoms. The third-order valence-corrected chi connectivity index (χ3v) is 3.19. The van der Waals surface area contributed by atoms with E-state index in [-0.39, 0.29) is 5.91 Å². The Kier molecular flexibility index (Phi) is 3.11. The summed E-state index contributed by atoms with van der Waals surface area (Å²) < 4.78 is 1.94. The van der Waals surface area contributed by atoms with Crippen molar-refractivity contribution in [3.63, 3.8) is 0 Å². The van der Waals surface area contributed by atoms with Gasteiger partial charge in [-0.2, -0.15) is 0 Å². The first-order valence-corrected chi connectivity index (χ1v) is 6.39. The number of carbonyl (C=O) groups is 1. The molecule has 3 nitrogen and oxygen atoms in total. The molecule has 1 aliphatic heterocycles. The van der Waals surface area contributed by atoms with Crippen molar-refractivity contribution < 1.29 is 9.48 Å². The van der Waals surface area contributed by atoms with E-state index in [4.69, 9.17) is 0 Å². The average molecular weight is 251 g/mol. The second-order valence-corrected chi connectivity index (χ2v) is 4.52. The lowest BCUT2D eigenvalue weighted by atomic mass is 10.0. The maximum atomic E-state index is 11.5. The summed E-state index contributed by atoms with van der Waals surface area (Å²) in [5.41, 5.74) is 6.17. The molecular weight excluding hydrogens is 236 g/mol. The summed E-state index contributed by atoms with van der Waals surface area (Å²) in [7, 11) is 0. The molecule has 2 aromatic rings. The Morgan fingerprint density at radius 1 is 0.895 bits per heavy atom. The number of hydrogen-bond donors (Lipinski definition) is 1. The zero-order valence-electron chi connectivity index (χ0n) is 10.5. The molecule has 3 rings (SSSR count). The van der Waals surface area contributed by atoms with Gasteiger partial charge in [0.1, 0.15) is 0 Å². The van der Waals surface area contributed by atoms with Crippen molar-refractivity contribution in [2.75, 3.05) is 6.54 Å². The van der Waals surface area contributed by atoms with Gasteiger partial charge < -0.3 is 0 Å². The van der Waals surface area contributed by atoms with Gasteiger partial charge in [0.15, 0.2) is 6.54 Å². The summed E-state index contributed by atoms with van der Waals surface area (Å²) in [5.74, 6) is 0.0735. The summed E-state index contributed by atoms with van der Waals surface area (Å²) in [6.45, 7) is 0.706. The van der Waals surface area contributed by atoms with Crippen LogP contribution in [0.2, 0.25) is 0 Å². The third kappa shape index (κ3) is 2.40. The Balaban J connectivity index is 2.15. The number of nitrogens with one attached hydrogen (secondary N) is 1. The van der Waals surface area contributed by atoms with Crippen LogP contribution in [0.4, 0.5) is 0 Å². The first-order chi connectivity index (χ1) is 9.34. The minimum atomic E-state index is 0.0735. The molecule has 3 heteroatoms. The van der Waals surface area contributed by atoms with Gasteiger partial charge in [0.2, 0.25) is 5.71 Å². The smallest absolute Gasteiger partial charge is 0.269 e. The second kappa shape index (κ2) is 5.06. The number of benzene rings is 2. The van der Waals surface area contributed by atoms with Crippen LogP contribution in [-0.4, -0.2) is 22.8 Å². The van der Waals surface area contributed by atoms with Crippen LogP contribution in [0.3, 0.4) is 0 Å². The lowest BCUT2D eigenvalue weighted by Gasteiger charge is -2.05. The Morgan fingerprint density at radius 3 is 1.84 bits per heavy atom. The molecule has 0 atom stereocenters. The van der Waals surface area contributed by atoms with E-state index in [1.165, 1.54) is 0 Å². The van der Waals surface area contributed by atoms with E-state index >= 15 is 0 Å². The maximum absolute atomic E-state index is 11.5. The van der Waals surface area contributed by atoms with Crippen LogP contribution in [0.25, 0.3) is 0 Å². The topological polar surface area (TPSA) is 32.1 Å². The van der Waals surface area contributed by atoms with Gasteiger partial charge in [-0.25, -0.2) is 0 Å². The van der Waals surface area contributed by atoms with E-state index in [0.717, 1.165) is 16.8 Å². The lowest BCUT2D eigenvalue weighted by molar-refractivity contribution is -0.557. The van der Waals surface area contributed by atoms with E-state index in [9.17, 15) is 4.79 Å². The second-order valence-electron chi connectivity index (χ2n) is 4.52. The van der Waals surface area contributed by atoms with Crippen molar-refractivity contribution >= 4 is 11.6 Å². The molecule has 1 N–H and O–H groups in total. The van der Waals surface area contributed by atoms with Crippen LogP contribution in [-0.2, 0) is 4.79 Å². The molecule has 0 aliphatic carbocycles. The molecule has 1 heterocycles. The van der Waals surface area contributed by atoms with E-state index in [0.29, 0.717) is 13.0 Å². The predicted octanol–water partition coefficient (Wildman–Crippen LogP) is 1.97. The van der Waals surface area contributed by atoms with Gasteiger partial charge in [-0.15, -0.1) is 10.1 Å². The monoisotopic (exact) mass is 251 g/mol. The highest BCUT2D eigenvalue weighted by atomic mass is 16.2. The Bertz CT molecular complexity index is 576. The van der Waals surface area contributed by atoms with Crippen LogP contribution in [0, 0.1) is 0 Å². The summed E-state index contributed by atoms with van der Waals surface area (Å²) in [4.78, 5) is 11.5. The van der Waals surface area contributed by atoms with E-state index in [1.54, 1.807) is 0 Å². The van der Waals surface area contributed by atoms with Crippen LogP contribution in [0.1, 0.15) is 17.5 Å². The van der Waals surface area contributed by atoms with Gasteiger partial charge in [0.25, 0.3) is 5.91 Å². The SMILES string of the molecule is O=C1CC[N+](=C(c2ccccc2)c2ccccc2)N1. The first kappa shape index (κ1) is 11.7. The van der Waals surface area contributed by atoms with E-state index in [1.807, 2.05) is 41.1 Å². The summed E-state index contributed by atoms with van der Waals surface area (Å²) in [5, 5.41) is 0. The fourth-order valence-corrected chi connectivity index (χ4v) is 2.31. The Morgan fingerprint density at radius 2 is 1.42 bits per heavy atom. The van der Waals surface area contributed by atoms with Gasteiger partial charge >= 0.3 is 0 Å². The fourth-order valence-electron chi connectivity index (χ4n) is 2.31. The van der Waals surface area contributed by atoms with Crippen LogP contribution >= 0.6 is 0 Å². The van der Waals surface area contributed by atoms with Gasteiger partial charge in [0, 0.05) is 11.1 Å². The van der Waals surface area contributed by atoms with E-state index in [2.05, 4.69) is 29.7 Å². The molecule has 0 radical (unpaired) electrons. The molecule has 94 valence electrons. The summed E-state index contributed by atoms with van der Waals surface area (Å²) in [6, 6.07) is 20.3. The highest BCUT2D eigenvalue weighted by Gasteiger charge is 2.27. The molecule has 1 amide bonds. The molecule has 1 fully saturated rings. The van der Waals surface area contributed by atoms with Crippen molar-refractivity contribution in [2.45, 2.75) is 6.42 Å². The third-order valence-electron chi connectivity index (χ3n) is 3.19. The van der Waals surface area contributed by atoms with Crippen molar-refractivity contribution in [2.24, 2.45) is 0 Å². The van der Waals surface area contributed by atoms with Gasteiger partial charge in [-0.1, -0.05) is 36.4 Å². The zero-order valence-corrected chi connectivity index (χ0v) is 10.5. The molecule has 0 saturated carbocycles. The number of nitrogens with zero attached hydrogens (tertiary/aromatic N) is 1. The molecule has 1 aliphatic rings. The minimum Gasteiger partial charge on any atom is -0.269 e. The quantitative estimate of drug-likeness (QED) is 0.813. The molecule has 2 aromatic carbocycles. The summed E-state index contributed by atoms with van der Waals surface area (Å²) >= 11 is 0. The number of hydrogen-bond acceptors (Lipinski definition) is 1. The maximum Gasteiger partial charge on any atom is 0.280 e. The minimum absolute atomic E-state index is 0.0735. The largest absolute Gasteiger partial charge is 0.280 e. The van der Waals surface area contributed by atoms with Crippen LogP contribution in [0.15, 0.2) is 60.7 Å². The number of hydrazone groups is 1.